The van der Waals surface area contributed by atoms with E-state index in [1.54, 1.807) is 0 Å². The zero-order valence-electron chi connectivity index (χ0n) is 7.25. The maximum atomic E-state index is 11.1. The van der Waals surface area contributed by atoms with Crippen LogP contribution in [0.2, 0.25) is 0 Å². The van der Waals surface area contributed by atoms with Crippen molar-refractivity contribution in [2.75, 3.05) is 0 Å². The monoisotopic (exact) mass is 230 g/mol. The smallest absolute Gasteiger partial charge is 0.354 e. The minimum atomic E-state index is -3.34. The van der Waals surface area contributed by atoms with Crippen molar-refractivity contribution in [2.24, 2.45) is 0 Å². The zero-order chi connectivity index (χ0) is 11.4. The van der Waals surface area contributed by atoms with Crippen molar-refractivity contribution in [3.05, 3.63) is 35.4 Å². The maximum absolute atomic E-state index is 11.1. The molecule has 0 aliphatic rings. The van der Waals surface area contributed by atoms with Gasteiger partial charge in [-0.1, -0.05) is 12.1 Å². The van der Waals surface area contributed by atoms with Gasteiger partial charge in [0.05, 0.1) is 11.1 Å². The number of rotatable bonds is 3. The molecule has 0 heterocycles. The molecule has 0 amide bonds. The lowest BCUT2D eigenvalue weighted by Gasteiger charge is -2.01. The number of carboxylic acid groups (broad SMARTS) is 1. The molecular weight excluding hydrogens is 224 g/mol. The molecule has 0 bridgehead atoms. The molecule has 0 atom stereocenters. The van der Waals surface area contributed by atoms with E-state index in [0.29, 0.717) is 0 Å². The van der Waals surface area contributed by atoms with Gasteiger partial charge >= 0.3 is 22.9 Å². The summed E-state index contributed by atoms with van der Waals surface area (Å²) in [7, 11) is -3.34. The summed E-state index contributed by atoms with van der Waals surface area (Å²) in [6, 6.07) is 5.17. The van der Waals surface area contributed by atoms with Gasteiger partial charge in [0.15, 0.2) is 0 Å². The molecule has 6 nitrogen and oxygen atoms in total. The van der Waals surface area contributed by atoms with E-state index in [4.69, 9.17) is 5.11 Å². The summed E-state index contributed by atoms with van der Waals surface area (Å²) in [6.45, 7) is 0. The Morgan fingerprint density at radius 1 is 1.13 bits per heavy atom. The Labute approximate surface area is 86.3 Å². The average molecular weight is 230 g/mol. The highest BCUT2D eigenvalue weighted by atomic mass is 32.2. The van der Waals surface area contributed by atoms with Crippen LogP contribution in [0.25, 0.3) is 0 Å². The standard InChI is InChI=1S/C8H6O6S/c9-7(10)5-3-1-2-4-6(5)8(11)14-15(12)13/h1-4,15H,(H,9,10). The number of carbonyl (C=O) groups excluding carboxylic acids is 1. The summed E-state index contributed by atoms with van der Waals surface area (Å²) in [6.07, 6.45) is 0. The highest BCUT2D eigenvalue weighted by molar-refractivity contribution is 7.67. The number of carbonyl (C=O) groups is 2. The van der Waals surface area contributed by atoms with Crippen LogP contribution in [0.4, 0.5) is 0 Å². The minimum absolute atomic E-state index is 0.302. The van der Waals surface area contributed by atoms with E-state index in [2.05, 4.69) is 4.18 Å². The van der Waals surface area contributed by atoms with E-state index in [9.17, 15) is 18.0 Å². The van der Waals surface area contributed by atoms with Crippen molar-refractivity contribution in [3.63, 3.8) is 0 Å². The predicted octanol–water partition coefficient (Wildman–Crippen LogP) is 0.0680. The summed E-state index contributed by atoms with van der Waals surface area (Å²) in [5, 5.41) is 8.69. The molecule has 1 aromatic carbocycles. The molecule has 15 heavy (non-hydrogen) atoms. The molecule has 1 N–H and O–H groups in total. The molecule has 0 saturated carbocycles. The van der Waals surface area contributed by atoms with Gasteiger partial charge in [-0.25, -0.2) is 9.59 Å². The largest absolute Gasteiger partial charge is 0.478 e. The summed E-state index contributed by atoms with van der Waals surface area (Å²) in [4.78, 5) is 21.8. The Morgan fingerprint density at radius 2 is 1.67 bits per heavy atom. The number of hydrogen-bond acceptors (Lipinski definition) is 5. The van der Waals surface area contributed by atoms with Gasteiger partial charge in [0, 0.05) is 0 Å². The summed E-state index contributed by atoms with van der Waals surface area (Å²) >= 11 is 0. The first kappa shape index (κ1) is 11.2. The first-order valence-electron chi connectivity index (χ1n) is 3.71. The molecule has 0 radical (unpaired) electrons. The van der Waals surface area contributed by atoms with Gasteiger partial charge < -0.3 is 9.29 Å². The van der Waals surface area contributed by atoms with Crippen LogP contribution in [0.1, 0.15) is 20.7 Å². The van der Waals surface area contributed by atoms with Crippen LogP contribution in [0.3, 0.4) is 0 Å². The minimum Gasteiger partial charge on any atom is -0.478 e. The fraction of sp³-hybridized carbons (Fsp3) is 0. The highest BCUT2D eigenvalue weighted by Gasteiger charge is 2.17. The third-order valence-electron chi connectivity index (χ3n) is 1.53. The molecule has 0 saturated heterocycles. The van der Waals surface area contributed by atoms with Gasteiger partial charge in [-0.2, -0.15) is 8.42 Å². The second kappa shape index (κ2) is 4.56. The SMILES string of the molecule is O=C(O)c1ccccc1C(=O)O[SH](=O)=O. The third kappa shape index (κ3) is 2.78. The summed E-state index contributed by atoms with van der Waals surface area (Å²) < 4.78 is 24.1. The van der Waals surface area contributed by atoms with Gasteiger partial charge in [-0.15, -0.1) is 0 Å². The number of carboxylic acids is 1. The molecule has 0 aliphatic carbocycles. The molecule has 0 spiro atoms. The van der Waals surface area contributed by atoms with Gasteiger partial charge in [0.2, 0.25) is 0 Å². The molecular formula is C8H6O6S. The lowest BCUT2D eigenvalue weighted by atomic mass is 10.1. The number of aromatic carboxylic acids is 1. The van der Waals surface area contributed by atoms with Gasteiger partial charge in [-0.3, -0.25) is 0 Å². The van der Waals surface area contributed by atoms with Gasteiger partial charge in [0.1, 0.15) is 0 Å². The summed E-state index contributed by atoms with van der Waals surface area (Å²) in [5.74, 6) is -2.53. The van der Waals surface area contributed by atoms with Crippen molar-refractivity contribution in [1.82, 2.24) is 0 Å². The van der Waals surface area contributed by atoms with Crippen LogP contribution in [-0.4, -0.2) is 25.5 Å². The Bertz CT molecular complexity index is 468. The molecule has 1 rings (SSSR count). The Morgan fingerprint density at radius 3 is 2.13 bits per heavy atom. The molecule has 0 aromatic heterocycles. The number of hydrogen-bond donors (Lipinski definition) is 2. The van der Waals surface area contributed by atoms with E-state index in [1.165, 1.54) is 24.3 Å². The van der Waals surface area contributed by atoms with Crippen LogP contribution < -0.4 is 0 Å². The first-order valence-corrected chi connectivity index (χ1v) is 4.81. The number of thiol groups is 1. The lowest BCUT2D eigenvalue weighted by molar-refractivity contribution is 0.0672. The maximum Gasteiger partial charge on any atom is 0.354 e. The Kier molecular flexibility index (Phi) is 3.40. The van der Waals surface area contributed by atoms with Crippen molar-refractivity contribution in [3.8, 4) is 0 Å². The topological polar surface area (TPSA) is 97.7 Å². The van der Waals surface area contributed by atoms with Crippen LogP contribution in [-0.2, 0) is 15.2 Å². The molecule has 0 unspecified atom stereocenters. The molecule has 0 fully saturated rings. The van der Waals surface area contributed by atoms with E-state index >= 15 is 0 Å². The molecule has 7 heteroatoms. The van der Waals surface area contributed by atoms with Crippen molar-refractivity contribution >= 4 is 22.9 Å². The van der Waals surface area contributed by atoms with Crippen molar-refractivity contribution in [1.29, 1.82) is 0 Å². The highest BCUT2D eigenvalue weighted by Crippen LogP contribution is 2.10. The average Bonchev–Trinajstić information content (AvgIpc) is 2.16. The normalized spacial score (nSPS) is 9.93. The van der Waals surface area contributed by atoms with E-state index in [-0.39, 0.29) is 11.1 Å². The predicted molar refractivity (Wildman–Crippen MR) is 49.1 cm³/mol. The van der Waals surface area contributed by atoms with E-state index in [1.807, 2.05) is 0 Å². The summed E-state index contributed by atoms with van der Waals surface area (Å²) in [5.41, 5.74) is -0.608. The third-order valence-corrected chi connectivity index (χ3v) is 1.85. The second-order valence-electron chi connectivity index (χ2n) is 2.45. The van der Waals surface area contributed by atoms with Crippen molar-refractivity contribution in [2.45, 2.75) is 0 Å². The van der Waals surface area contributed by atoms with Gasteiger partial charge in [-0.05, 0) is 12.1 Å². The molecule has 0 aliphatic heterocycles. The van der Waals surface area contributed by atoms with Crippen LogP contribution in [0, 0.1) is 0 Å². The van der Waals surface area contributed by atoms with E-state index in [0.717, 1.165) is 0 Å². The fourth-order valence-corrected chi connectivity index (χ4v) is 1.20. The van der Waals surface area contributed by atoms with Gasteiger partial charge in [0.25, 0.3) is 0 Å². The molecule has 1 aromatic rings. The Balaban J connectivity index is 3.13. The van der Waals surface area contributed by atoms with Crippen molar-refractivity contribution < 1.29 is 27.3 Å². The fourth-order valence-electron chi connectivity index (χ4n) is 0.964. The van der Waals surface area contributed by atoms with Crippen LogP contribution >= 0.6 is 0 Å². The Hall–Kier alpha value is -1.89. The number of benzene rings is 1. The first-order chi connectivity index (χ1) is 7.02. The van der Waals surface area contributed by atoms with Crippen LogP contribution in [0.15, 0.2) is 24.3 Å². The quantitative estimate of drug-likeness (QED) is 0.713. The molecule has 80 valence electrons. The van der Waals surface area contributed by atoms with E-state index < -0.39 is 22.9 Å². The zero-order valence-corrected chi connectivity index (χ0v) is 8.14. The second-order valence-corrected chi connectivity index (χ2v) is 3.08. The lowest BCUT2D eigenvalue weighted by Crippen LogP contribution is -2.10. The van der Waals surface area contributed by atoms with Crippen LogP contribution in [0.5, 0.6) is 0 Å².